The summed E-state index contributed by atoms with van der Waals surface area (Å²) in [5.74, 6) is -0.652. The highest BCUT2D eigenvalue weighted by atomic mass is 79.9. The van der Waals surface area contributed by atoms with Crippen LogP contribution >= 0.6 is 15.9 Å². The van der Waals surface area contributed by atoms with E-state index in [9.17, 15) is 9.90 Å². The Balaban J connectivity index is 2.08. The van der Waals surface area contributed by atoms with E-state index in [4.69, 9.17) is 0 Å². The highest BCUT2D eigenvalue weighted by Gasteiger charge is 2.43. The average Bonchev–Trinajstić information content (AvgIpc) is 2.77. The lowest BCUT2D eigenvalue weighted by Crippen LogP contribution is -2.33. The molecule has 1 aromatic carbocycles. The number of aliphatic carboxylic acids is 1. The number of likely N-dealkylation sites (tertiary alicyclic amines) is 1. The van der Waals surface area contributed by atoms with Crippen molar-refractivity contribution >= 4 is 21.9 Å². The smallest absolute Gasteiger partial charge is 0.310 e. The van der Waals surface area contributed by atoms with Gasteiger partial charge in [0.25, 0.3) is 0 Å². The normalized spacial score (nSPS) is 23.7. The van der Waals surface area contributed by atoms with Gasteiger partial charge in [-0.15, -0.1) is 0 Å². The van der Waals surface area contributed by atoms with E-state index in [0.29, 0.717) is 13.0 Å². The van der Waals surface area contributed by atoms with E-state index in [1.54, 1.807) is 0 Å². The summed E-state index contributed by atoms with van der Waals surface area (Å²) in [6.07, 6.45) is 1.45. The minimum atomic E-state index is -0.652. The van der Waals surface area contributed by atoms with Crippen LogP contribution in [0.25, 0.3) is 0 Å². The predicted octanol–water partition coefficient (Wildman–Crippen LogP) is 3.44. The quantitative estimate of drug-likeness (QED) is 0.921. The van der Waals surface area contributed by atoms with Gasteiger partial charge in [-0.25, -0.2) is 0 Å². The van der Waals surface area contributed by atoms with Crippen LogP contribution in [0.2, 0.25) is 0 Å². The molecule has 104 valence electrons. The molecule has 0 amide bonds. The molecule has 1 N–H and O–H groups in total. The first-order valence-corrected chi connectivity index (χ1v) is 7.47. The molecule has 1 saturated heterocycles. The van der Waals surface area contributed by atoms with Gasteiger partial charge >= 0.3 is 5.97 Å². The zero-order valence-electron chi connectivity index (χ0n) is 11.4. The minimum Gasteiger partial charge on any atom is -0.481 e. The average molecular weight is 326 g/mol. The zero-order chi connectivity index (χ0) is 14.0. The Morgan fingerprint density at radius 3 is 2.79 bits per heavy atom. The summed E-state index contributed by atoms with van der Waals surface area (Å²) in [7, 11) is 0. The fourth-order valence-corrected chi connectivity index (χ4v) is 3.35. The predicted molar refractivity (Wildman–Crippen MR) is 79.1 cm³/mol. The molecule has 0 bridgehead atoms. The molecular formula is C15H20BrNO2. The minimum absolute atomic E-state index is 0.544. The van der Waals surface area contributed by atoms with E-state index in [1.165, 1.54) is 11.1 Å². The summed E-state index contributed by atoms with van der Waals surface area (Å²) in [4.78, 5) is 13.7. The maximum atomic E-state index is 11.4. The van der Waals surface area contributed by atoms with Crippen molar-refractivity contribution in [1.82, 2.24) is 4.90 Å². The van der Waals surface area contributed by atoms with Crippen LogP contribution in [0, 0.1) is 12.3 Å². The summed E-state index contributed by atoms with van der Waals surface area (Å²) < 4.78 is 1.11. The fraction of sp³-hybridized carbons (Fsp3) is 0.533. The van der Waals surface area contributed by atoms with Gasteiger partial charge in [0.1, 0.15) is 0 Å². The summed E-state index contributed by atoms with van der Waals surface area (Å²) in [6.45, 7) is 6.37. The maximum absolute atomic E-state index is 11.4. The van der Waals surface area contributed by atoms with E-state index in [0.717, 1.165) is 24.0 Å². The molecule has 1 aromatic rings. The molecule has 2 rings (SSSR count). The van der Waals surface area contributed by atoms with Gasteiger partial charge in [0.05, 0.1) is 5.41 Å². The Morgan fingerprint density at radius 2 is 2.26 bits per heavy atom. The van der Waals surface area contributed by atoms with E-state index in [1.807, 2.05) is 6.92 Å². The lowest BCUT2D eigenvalue weighted by atomic mass is 9.84. The lowest BCUT2D eigenvalue weighted by Gasteiger charge is -2.23. The SMILES string of the molecule is CCC1(C(=O)O)CCN(Cc2ccc(C)cc2Br)C1. The number of carboxylic acids is 1. The van der Waals surface area contributed by atoms with E-state index in [-0.39, 0.29) is 0 Å². The van der Waals surface area contributed by atoms with Gasteiger partial charge in [0.15, 0.2) is 0 Å². The van der Waals surface area contributed by atoms with Crippen LogP contribution in [0.5, 0.6) is 0 Å². The molecular weight excluding hydrogens is 306 g/mol. The Kier molecular flexibility index (Phi) is 4.31. The number of carbonyl (C=O) groups is 1. The van der Waals surface area contributed by atoms with Crippen LogP contribution in [0.1, 0.15) is 30.9 Å². The number of rotatable bonds is 4. The molecule has 0 spiro atoms. The molecule has 0 saturated carbocycles. The van der Waals surface area contributed by atoms with Crippen LogP contribution in [-0.2, 0) is 11.3 Å². The summed E-state index contributed by atoms with van der Waals surface area (Å²) in [5.41, 5.74) is 1.91. The van der Waals surface area contributed by atoms with Crippen LogP contribution in [0.4, 0.5) is 0 Å². The van der Waals surface area contributed by atoms with Gasteiger partial charge in [-0.05, 0) is 43.5 Å². The second-order valence-electron chi connectivity index (χ2n) is 5.49. The fourth-order valence-electron chi connectivity index (χ4n) is 2.73. The monoisotopic (exact) mass is 325 g/mol. The number of halogens is 1. The van der Waals surface area contributed by atoms with Crippen molar-refractivity contribution in [2.24, 2.45) is 5.41 Å². The molecule has 1 fully saturated rings. The molecule has 1 atom stereocenters. The van der Waals surface area contributed by atoms with Crippen LogP contribution in [0.3, 0.4) is 0 Å². The van der Waals surface area contributed by atoms with Crippen molar-refractivity contribution in [3.05, 3.63) is 33.8 Å². The third-order valence-corrected chi connectivity index (χ3v) is 4.90. The second kappa shape index (κ2) is 5.63. The maximum Gasteiger partial charge on any atom is 0.310 e. The first-order chi connectivity index (χ1) is 8.97. The van der Waals surface area contributed by atoms with Gasteiger partial charge in [-0.3, -0.25) is 9.69 Å². The Labute approximate surface area is 122 Å². The van der Waals surface area contributed by atoms with Gasteiger partial charge in [-0.2, -0.15) is 0 Å². The van der Waals surface area contributed by atoms with Gasteiger partial charge < -0.3 is 5.11 Å². The molecule has 1 aliphatic heterocycles. The molecule has 3 nitrogen and oxygen atoms in total. The van der Waals surface area contributed by atoms with Gasteiger partial charge in [0, 0.05) is 17.6 Å². The first-order valence-electron chi connectivity index (χ1n) is 6.67. The third kappa shape index (κ3) is 3.00. The van der Waals surface area contributed by atoms with Crippen molar-refractivity contribution in [2.45, 2.75) is 33.2 Å². The highest BCUT2D eigenvalue weighted by Crippen LogP contribution is 2.35. The topological polar surface area (TPSA) is 40.5 Å². The molecule has 4 heteroatoms. The molecule has 1 aliphatic rings. The first kappa shape index (κ1) is 14.5. The molecule has 0 aliphatic carbocycles. The van der Waals surface area contributed by atoms with Gasteiger partial charge in [-0.1, -0.05) is 35.0 Å². The summed E-state index contributed by atoms with van der Waals surface area (Å²) in [5, 5.41) is 9.40. The number of carboxylic acid groups (broad SMARTS) is 1. The van der Waals surface area contributed by atoms with Crippen molar-refractivity contribution < 1.29 is 9.90 Å². The highest BCUT2D eigenvalue weighted by molar-refractivity contribution is 9.10. The lowest BCUT2D eigenvalue weighted by molar-refractivity contribution is -0.148. The Bertz CT molecular complexity index is 489. The van der Waals surface area contributed by atoms with E-state index >= 15 is 0 Å². The Morgan fingerprint density at radius 1 is 1.53 bits per heavy atom. The summed E-state index contributed by atoms with van der Waals surface area (Å²) >= 11 is 3.59. The van der Waals surface area contributed by atoms with Crippen LogP contribution in [-0.4, -0.2) is 29.1 Å². The van der Waals surface area contributed by atoms with Crippen molar-refractivity contribution in [3.8, 4) is 0 Å². The number of hydrogen-bond acceptors (Lipinski definition) is 2. The second-order valence-corrected chi connectivity index (χ2v) is 6.35. The third-order valence-electron chi connectivity index (χ3n) is 4.17. The molecule has 19 heavy (non-hydrogen) atoms. The molecule has 1 unspecified atom stereocenters. The number of nitrogens with zero attached hydrogens (tertiary/aromatic N) is 1. The number of hydrogen-bond donors (Lipinski definition) is 1. The Hall–Kier alpha value is -0.870. The largest absolute Gasteiger partial charge is 0.481 e. The van der Waals surface area contributed by atoms with Crippen molar-refractivity contribution in [3.63, 3.8) is 0 Å². The van der Waals surface area contributed by atoms with Crippen molar-refractivity contribution in [2.75, 3.05) is 13.1 Å². The van der Waals surface area contributed by atoms with Crippen LogP contribution in [0.15, 0.2) is 22.7 Å². The standard InChI is InChI=1S/C15H20BrNO2/c1-3-15(14(18)19)6-7-17(10-15)9-12-5-4-11(2)8-13(12)16/h4-5,8H,3,6-7,9-10H2,1-2H3,(H,18,19). The molecule has 0 radical (unpaired) electrons. The molecule has 1 heterocycles. The summed E-state index contributed by atoms with van der Waals surface area (Å²) in [6, 6.07) is 6.32. The number of aryl methyl sites for hydroxylation is 1. The van der Waals surface area contributed by atoms with Gasteiger partial charge in [0.2, 0.25) is 0 Å². The van der Waals surface area contributed by atoms with Crippen molar-refractivity contribution in [1.29, 1.82) is 0 Å². The molecule has 0 aromatic heterocycles. The van der Waals surface area contributed by atoms with E-state index in [2.05, 4.69) is 46.0 Å². The number of benzene rings is 1. The van der Waals surface area contributed by atoms with Crippen LogP contribution < -0.4 is 0 Å². The van der Waals surface area contributed by atoms with E-state index < -0.39 is 11.4 Å². The zero-order valence-corrected chi connectivity index (χ0v) is 13.0.